The number of carbonyl (C=O) groups is 1. The SMILES string of the molecule is N[C@@H]1CC[C@H](C(=O)N2CCc3c(nc(-c4ccccc4)[nH]c3=O)C2)C1. The molecule has 1 amide bonds. The Balaban J connectivity index is 1.61. The molecule has 0 bridgehead atoms. The highest BCUT2D eigenvalue weighted by molar-refractivity contribution is 5.79. The number of H-pyrrole nitrogens is 1. The molecular weight excluding hydrogens is 316 g/mol. The number of aromatic amines is 1. The lowest BCUT2D eigenvalue weighted by molar-refractivity contribution is -0.136. The minimum Gasteiger partial charge on any atom is -0.336 e. The topological polar surface area (TPSA) is 92.1 Å². The Labute approximate surface area is 146 Å². The molecule has 0 unspecified atom stereocenters. The van der Waals surface area contributed by atoms with Crippen molar-refractivity contribution < 1.29 is 4.79 Å². The Morgan fingerprint density at radius 2 is 2.04 bits per heavy atom. The van der Waals surface area contributed by atoms with Crippen molar-refractivity contribution in [2.24, 2.45) is 11.7 Å². The second kappa shape index (κ2) is 6.44. The fraction of sp³-hybridized carbons (Fsp3) is 0.421. The van der Waals surface area contributed by atoms with Gasteiger partial charge in [0.2, 0.25) is 5.91 Å². The fourth-order valence-electron chi connectivity index (χ4n) is 3.86. The van der Waals surface area contributed by atoms with E-state index < -0.39 is 0 Å². The molecule has 0 saturated heterocycles. The van der Waals surface area contributed by atoms with Crippen LogP contribution in [0.5, 0.6) is 0 Å². The maximum Gasteiger partial charge on any atom is 0.254 e. The Kier molecular flexibility index (Phi) is 4.13. The number of fused-ring (bicyclic) bond motifs is 1. The highest BCUT2D eigenvalue weighted by atomic mass is 16.2. The van der Waals surface area contributed by atoms with Crippen LogP contribution in [0.15, 0.2) is 35.1 Å². The summed E-state index contributed by atoms with van der Waals surface area (Å²) in [6.45, 7) is 0.983. The largest absolute Gasteiger partial charge is 0.336 e. The first-order valence-electron chi connectivity index (χ1n) is 8.83. The third-order valence-corrected chi connectivity index (χ3v) is 5.25. The number of carbonyl (C=O) groups excluding carboxylic acids is 1. The number of nitrogens with one attached hydrogen (secondary N) is 1. The van der Waals surface area contributed by atoms with Crippen molar-refractivity contribution in [3.63, 3.8) is 0 Å². The molecule has 4 rings (SSSR count). The second-order valence-corrected chi connectivity index (χ2v) is 6.99. The maximum atomic E-state index is 12.8. The third-order valence-electron chi connectivity index (χ3n) is 5.25. The first kappa shape index (κ1) is 16.0. The average Bonchev–Trinajstić information content (AvgIpc) is 3.07. The van der Waals surface area contributed by atoms with Gasteiger partial charge in [0.1, 0.15) is 5.82 Å². The van der Waals surface area contributed by atoms with E-state index in [4.69, 9.17) is 5.73 Å². The van der Waals surface area contributed by atoms with Gasteiger partial charge in [-0.25, -0.2) is 4.98 Å². The molecular formula is C19H22N4O2. The van der Waals surface area contributed by atoms with Crippen LogP contribution in [-0.4, -0.2) is 33.4 Å². The Hall–Kier alpha value is -2.47. The van der Waals surface area contributed by atoms with E-state index in [1.165, 1.54) is 0 Å². The van der Waals surface area contributed by atoms with Gasteiger partial charge in [-0.1, -0.05) is 30.3 Å². The number of aromatic nitrogens is 2. The minimum absolute atomic E-state index is 0.0205. The van der Waals surface area contributed by atoms with E-state index in [1.54, 1.807) is 0 Å². The molecule has 2 heterocycles. The zero-order chi connectivity index (χ0) is 17.4. The minimum atomic E-state index is -0.0983. The third kappa shape index (κ3) is 3.09. The smallest absolute Gasteiger partial charge is 0.254 e. The molecule has 25 heavy (non-hydrogen) atoms. The first-order chi connectivity index (χ1) is 12.1. The number of amides is 1. The lowest BCUT2D eigenvalue weighted by atomic mass is 10.0. The van der Waals surface area contributed by atoms with Crippen LogP contribution in [0, 0.1) is 5.92 Å². The number of hydrogen-bond donors (Lipinski definition) is 2. The van der Waals surface area contributed by atoms with Crippen molar-refractivity contribution in [2.45, 2.75) is 38.3 Å². The van der Waals surface area contributed by atoms with E-state index in [9.17, 15) is 9.59 Å². The summed E-state index contributed by atoms with van der Waals surface area (Å²) in [6, 6.07) is 9.71. The van der Waals surface area contributed by atoms with Gasteiger partial charge in [0.25, 0.3) is 5.56 Å². The molecule has 2 aliphatic rings. The summed E-state index contributed by atoms with van der Waals surface area (Å²) >= 11 is 0. The van der Waals surface area contributed by atoms with Gasteiger partial charge in [0.05, 0.1) is 12.2 Å². The number of benzene rings is 1. The second-order valence-electron chi connectivity index (χ2n) is 6.99. The predicted molar refractivity (Wildman–Crippen MR) is 94.7 cm³/mol. The van der Waals surface area contributed by atoms with E-state index in [-0.39, 0.29) is 23.4 Å². The van der Waals surface area contributed by atoms with Crippen LogP contribution in [0.4, 0.5) is 0 Å². The zero-order valence-corrected chi connectivity index (χ0v) is 14.1. The van der Waals surface area contributed by atoms with Crippen LogP contribution in [0.2, 0.25) is 0 Å². The maximum absolute atomic E-state index is 12.8. The van der Waals surface area contributed by atoms with Crippen LogP contribution in [0.3, 0.4) is 0 Å². The van der Waals surface area contributed by atoms with Gasteiger partial charge in [-0.2, -0.15) is 0 Å². The molecule has 2 aromatic rings. The molecule has 1 aromatic heterocycles. The van der Waals surface area contributed by atoms with Gasteiger partial charge >= 0.3 is 0 Å². The van der Waals surface area contributed by atoms with Crippen LogP contribution in [0.25, 0.3) is 11.4 Å². The number of rotatable bonds is 2. The predicted octanol–water partition coefficient (Wildman–Crippen LogP) is 1.45. The summed E-state index contributed by atoms with van der Waals surface area (Å²) in [7, 11) is 0. The molecule has 6 nitrogen and oxygen atoms in total. The first-order valence-corrected chi connectivity index (χ1v) is 8.83. The van der Waals surface area contributed by atoms with Crippen LogP contribution < -0.4 is 11.3 Å². The molecule has 0 spiro atoms. The Morgan fingerprint density at radius 3 is 2.76 bits per heavy atom. The van der Waals surface area contributed by atoms with Gasteiger partial charge in [0, 0.05) is 29.6 Å². The monoisotopic (exact) mass is 338 g/mol. The molecule has 1 aliphatic heterocycles. The van der Waals surface area contributed by atoms with Crippen molar-refractivity contribution >= 4 is 5.91 Å². The van der Waals surface area contributed by atoms with Crippen molar-refractivity contribution in [1.82, 2.24) is 14.9 Å². The Bertz CT molecular complexity index is 846. The van der Waals surface area contributed by atoms with Crippen molar-refractivity contribution in [2.75, 3.05) is 6.54 Å². The molecule has 6 heteroatoms. The average molecular weight is 338 g/mol. The molecule has 1 fully saturated rings. The number of hydrogen-bond acceptors (Lipinski definition) is 4. The molecule has 0 radical (unpaired) electrons. The highest BCUT2D eigenvalue weighted by Crippen LogP contribution is 2.28. The summed E-state index contributed by atoms with van der Waals surface area (Å²) in [5, 5.41) is 0. The number of nitrogens with zero attached hydrogens (tertiary/aromatic N) is 2. The van der Waals surface area contributed by atoms with Crippen LogP contribution in [-0.2, 0) is 17.8 Å². The normalized spacial score (nSPS) is 22.7. The molecule has 3 N–H and O–H groups in total. The van der Waals surface area contributed by atoms with Crippen molar-refractivity contribution in [3.05, 3.63) is 51.9 Å². The van der Waals surface area contributed by atoms with E-state index >= 15 is 0 Å². The van der Waals surface area contributed by atoms with Gasteiger partial charge in [-0.15, -0.1) is 0 Å². The van der Waals surface area contributed by atoms with Crippen LogP contribution in [0.1, 0.15) is 30.5 Å². The quantitative estimate of drug-likeness (QED) is 0.867. The standard InChI is InChI=1S/C19H22N4O2/c20-14-7-6-13(10-14)19(25)23-9-8-15-16(11-23)21-17(22-18(15)24)12-4-2-1-3-5-12/h1-5,13-14H,6-11,20H2,(H,21,22,24)/t13-,14+/m0/s1. The summed E-state index contributed by atoms with van der Waals surface area (Å²) in [4.78, 5) is 34.5. The van der Waals surface area contributed by atoms with E-state index in [0.29, 0.717) is 36.6 Å². The molecule has 130 valence electrons. The summed E-state index contributed by atoms with van der Waals surface area (Å²) in [6.07, 6.45) is 3.09. The summed E-state index contributed by atoms with van der Waals surface area (Å²) in [5.74, 6) is 0.732. The van der Waals surface area contributed by atoms with Gasteiger partial charge in [-0.05, 0) is 25.7 Å². The number of nitrogens with two attached hydrogens (primary N) is 1. The van der Waals surface area contributed by atoms with E-state index in [2.05, 4.69) is 9.97 Å². The highest BCUT2D eigenvalue weighted by Gasteiger charge is 2.33. The van der Waals surface area contributed by atoms with E-state index in [1.807, 2.05) is 35.2 Å². The molecule has 1 aliphatic carbocycles. The van der Waals surface area contributed by atoms with Gasteiger partial charge in [0.15, 0.2) is 0 Å². The summed E-state index contributed by atoms with van der Waals surface area (Å²) in [5.41, 5.74) is 8.13. The lowest BCUT2D eigenvalue weighted by Crippen LogP contribution is -2.41. The molecule has 2 atom stereocenters. The van der Waals surface area contributed by atoms with E-state index in [0.717, 1.165) is 24.8 Å². The van der Waals surface area contributed by atoms with Crippen LogP contribution >= 0.6 is 0 Å². The Morgan fingerprint density at radius 1 is 1.24 bits per heavy atom. The fourth-order valence-corrected chi connectivity index (χ4v) is 3.86. The molecule has 1 aromatic carbocycles. The zero-order valence-electron chi connectivity index (χ0n) is 14.1. The molecule has 1 saturated carbocycles. The summed E-state index contributed by atoms with van der Waals surface area (Å²) < 4.78 is 0. The lowest BCUT2D eigenvalue weighted by Gasteiger charge is -2.30. The van der Waals surface area contributed by atoms with Gasteiger partial charge < -0.3 is 15.6 Å². The van der Waals surface area contributed by atoms with Gasteiger partial charge in [-0.3, -0.25) is 9.59 Å². The van der Waals surface area contributed by atoms with Crippen molar-refractivity contribution in [1.29, 1.82) is 0 Å². The van der Waals surface area contributed by atoms with Crippen molar-refractivity contribution in [3.8, 4) is 11.4 Å².